The summed E-state index contributed by atoms with van der Waals surface area (Å²) in [4.78, 5) is -0.0918. The van der Waals surface area contributed by atoms with Crippen molar-refractivity contribution in [3.63, 3.8) is 0 Å². The van der Waals surface area contributed by atoms with Crippen LogP contribution in [0.3, 0.4) is 0 Å². The van der Waals surface area contributed by atoms with Crippen molar-refractivity contribution in [1.29, 1.82) is 0 Å². The first-order valence-corrected chi connectivity index (χ1v) is 5.64. The van der Waals surface area contributed by atoms with E-state index in [0.717, 1.165) is 5.56 Å². The summed E-state index contributed by atoms with van der Waals surface area (Å²) in [5.74, 6) is 0.491. The van der Waals surface area contributed by atoms with Crippen molar-refractivity contribution >= 4 is 21.7 Å². The Kier molecular flexibility index (Phi) is 3.30. The number of halogens is 1. The monoisotopic (exact) mass is 220 g/mol. The number of benzene rings is 1. The maximum atomic E-state index is 10.6. The average Bonchev–Trinajstić information content (AvgIpc) is 2.04. The molecule has 0 spiro atoms. The van der Waals surface area contributed by atoms with Crippen LogP contribution >= 0.6 is 11.6 Å². The summed E-state index contributed by atoms with van der Waals surface area (Å²) in [6.07, 6.45) is 0.688. The molecule has 0 saturated carbocycles. The van der Waals surface area contributed by atoms with Gasteiger partial charge in [-0.2, -0.15) is 8.42 Å². The minimum Gasteiger partial charge on any atom is -0.282 e. The second kappa shape index (κ2) is 4.09. The van der Waals surface area contributed by atoms with Gasteiger partial charge in [-0.05, 0) is 24.1 Å². The van der Waals surface area contributed by atoms with Crippen LogP contribution < -0.4 is 0 Å². The van der Waals surface area contributed by atoms with Crippen molar-refractivity contribution in [2.75, 3.05) is 5.88 Å². The van der Waals surface area contributed by atoms with Crippen molar-refractivity contribution < 1.29 is 13.0 Å². The van der Waals surface area contributed by atoms with Crippen LogP contribution in [-0.2, 0) is 16.5 Å². The predicted molar refractivity (Wildman–Crippen MR) is 50.7 cm³/mol. The number of alkyl halides is 1. The molecule has 0 atom stereocenters. The minimum absolute atomic E-state index is 0.0918. The van der Waals surface area contributed by atoms with E-state index in [1.807, 2.05) is 0 Å². The molecule has 0 amide bonds. The van der Waals surface area contributed by atoms with Crippen molar-refractivity contribution in [3.8, 4) is 0 Å². The maximum absolute atomic E-state index is 10.6. The maximum Gasteiger partial charge on any atom is 0.294 e. The first kappa shape index (κ1) is 10.5. The molecule has 1 aromatic rings. The third-order valence-corrected chi connectivity index (χ3v) is 2.66. The normalized spacial score (nSPS) is 11.5. The van der Waals surface area contributed by atoms with Crippen LogP contribution in [0, 0.1) is 0 Å². The Labute approximate surface area is 82.1 Å². The fourth-order valence-corrected chi connectivity index (χ4v) is 1.64. The van der Waals surface area contributed by atoms with Crippen LogP contribution in [0.15, 0.2) is 29.2 Å². The van der Waals surface area contributed by atoms with Crippen LogP contribution in [-0.4, -0.2) is 18.9 Å². The summed E-state index contributed by atoms with van der Waals surface area (Å²) >= 11 is 5.50. The highest BCUT2D eigenvalue weighted by Crippen LogP contribution is 2.10. The topological polar surface area (TPSA) is 54.4 Å². The van der Waals surface area contributed by atoms with Gasteiger partial charge in [0.2, 0.25) is 0 Å². The van der Waals surface area contributed by atoms with Crippen LogP contribution in [0.5, 0.6) is 0 Å². The highest BCUT2D eigenvalue weighted by atomic mass is 35.5. The number of hydrogen-bond donors (Lipinski definition) is 1. The van der Waals surface area contributed by atoms with Gasteiger partial charge in [0.1, 0.15) is 0 Å². The molecular formula is C8H9ClO3S. The molecule has 0 bridgehead atoms. The fraction of sp³-hybridized carbons (Fsp3) is 0.250. The lowest BCUT2D eigenvalue weighted by Crippen LogP contribution is -1.98. The summed E-state index contributed by atoms with van der Waals surface area (Å²) in [7, 11) is -4.07. The zero-order valence-corrected chi connectivity index (χ0v) is 8.35. The van der Waals surface area contributed by atoms with Gasteiger partial charge in [-0.25, -0.2) is 0 Å². The van der Waals surface area contributed by atoms with E-state index in [2.05, 4.69) is 0 Å². The molecule has 72 valence electrons. The van der Waals surface area contributed by atoms with E-state index < -0.39 is 10.1 Å². The fourth-order valence-electron chi connectivity index (χ4n) is 0.937. The Balaban J connectivity index is 2.94. The number of hydrogen-bond acceptors (Lipinski definition) is 2. The molecule has 0 radical (unpaired) electrons. The predicted octanol–water partition coefficient (Wildman–Crippen LogP) is 1.71. The van der Waals surface area contributed by atoms with E-state index in [1.165, 1.54) is 12.1 Å². The third-order valence-electron chi connectivity index (χ3n) is 1.60. The molecular weight excluding hydrogens is 212 g/mol. The Morgan fingerprint density at radius 1 is 1.23 bits per heavy atom. The standard InChI is InChI=1S/C8H9ClO3S/c9-6-5-7-1-3-8(4-2-7)13(10,11)12/h1-4H,5-6H2,(H,10,11,12). The zero-order chi connectivity index (χ0) is 9.90. The lowest BCUT2D eigenvalue weighted by molar-refractivity contribution is 0.483. The molecule has 0 unspecified atom stereocenters. The summed E-state index contributed by atoms with van der Waals surface area (Å²) in [5, 5.41) is 0. The van der Waals surface area contributed by atoms with E-state index in [9.17, 15) is 8.42 Å². The highest BCUT2D eigenvalue weighted by Gasteiger charge is 2.07. The quantitative estimate of drug-likeness (QED) is 0.623. The Morgan fingerprint density at radius 2 is 1.77 bits per heavy atom. The van der Waals surface area contributed by atoms with Gasteiger partial charge in [-0.1, -0.05) is 12.1 Å². The average molecular weight is 221 g/mol. The molecule has 0 aliphatic heterocycles. The summed E-state index contributed by atoms with van der Waals surface area (Å²) < 4.78 is 29.9. The highest BCUT2D eigenvalue weighted by molar-refractivity contribution is 7.85. The minimum atomic E-state index is -4.07. The van der Waals surface area contributed by atoms with Gasteiger partial charge >= 0.3 is 0 Å². The van der Waals surface area contributed by atoms with Crippen molar-refractivity contribution in [2.45, 2.75) is 11.3 Å². The van der Waals surface area contributed by atoms with Crippen LogP contribution in [0.2, 0.25) is 0 Å². The van der Waals surface area contributed by atoms with Crippen molar-refractivity contribution in [1.82, 2.24) is 0 Å². The van der Waals surface area contributed by atoms with Crippen LogP contribution in [0.1, 0.15) is 5.56 Å². The van der Waals surface area contributed by atoms with E-state index in [0.29, 0.717) is 12.3 Å². The molecule has 0 aliphatic carbocycles. The van der Waals surface area contributed by atoms with Gasteiger partial charge in [0.15, 0.2) is 0 Å². The second-order valence-corrected chi connectivity index (χ2v) is 4.36. The molecule has 1 N–H and O–H groups in total. The molecule has 0 saturated heterocycles. The first-order chi connectivity index (χ1) is 6.04. The molecule has 0 heterocycles. The molecule has 5 heteroatoms. The lowest BCUT2D eigenvalue weighted by atomic mass is 10.2. The molecule has 0 fully saturated rings. The van der Waals surface area contributed by atoms with Crippen molar-refractivity contribution in [3.05, 3.63) is 29.8 Å². The molecule has 1 rings (SSSR count). The van der Waals surface area contributed by atoms with E-state index in [4.69, 9.17) is 16.2 Å². The molecule has 1 aromatic carbocycles. The summed E-state index contributed by atoms with van der Waals surface area (Å²) in [5.41, 5.74) is 0.947. The Morgan fingerprint density at radius 3 is 2.15 bits per heavy atom. The number of aryl methyl sites for hydroxylation is 1. The van der Waals surface area contributed by atoms with Gasteiger partial charge in [0.05, 0.1) is 4.90 Å². The van der Waals surface area contributed by atoms with E-state index >= 15 is 0 Å². The Bertz CT molecular complexity index is 369. The Hall–Kier alpha value is -0.580. The SMILES string of the molecule is O=S(=O)(O)c1ccc(CCCl)cc1. The van der Waals surface area contributed by atoms with E-state index in [-0.39, 0.29) is 4.90 Å². The van der Waals surface area contributed by atoms with Crippen LogP contribution in [0.25, 0.3) is 0 Å². The van der Waals surface area contributed by atoms with Gasteiger partial charge in [-0.15, -0.1) is 11.6 Å². The zero-order valence-electron chi connectivity index (χ0n) is 6.77. The summed E-state index contributed by atoms with van der Waals surface area (Å²) in [6.45, 7) is 0. The lowest BCUT2D eigenvalue weighted by Gasteiger charge is -1.99. The van der Waals surface area contributed by atoms with Gasteiger partial charge < -0.3 is 0 Å². The first-order valence-electron chi connectivity index (χ1n) is 3.66. The van der Waals surface area contributed by atoms with Gasteiger partial charge in [-0.3, -0.25) is 4.55 Å². The summed E-state index contributed by atoms with van der Waals surface area (Å²) in [6, 6.07) is 5.98. The molecule has 13 heavy (non-hydrogen) atoms. The van der Waals surface area contributed by atoms with Crippen molar-refractivity contribution in [2.24, 2.45) is 0 Å². The van der Waals surface area contributed by atoms with Gasteiger partial charge in [0.25, 0.3) is 10.1 Å². The molecule has 3 nitrogen and oxygen atoms in total. The van der Waals surface area contributed by atoms with Gasteiger partial charge in [0, 0.05) is 5.88 Å². The number of rotatable bonds is 3. The second-order valence-electron chi connectivity index (χ2n) is 2.56. The largest absolute Gasteiger partial charge is 0.294 e. The molecule has 0 aliphatic rings. The van der Waals surface area contributed by atoms with E-state index in [1.54, 1.807) is 12.1 Å². The smallest absolute Gasteiger partial charge is 0.282 e. The van der Waals surface area contributed by atoms with Crippen LogP contribution in [0.4, 0.5) is 0 Å². The molecule has 0 aromatic heterocycles. The third kappa shape index (κ3) is 2.99.